The molecule has 0 bridgehead atoms. The Bertz CT molecular complexity index is 190. The first-order valence-electron chi connectivity index (χ1n) is 6.56. The molecule has 0 aliphatic heterocycles. The zero-order valence-corrected chi connectivity index (χ0v) is 11.2. The van der Waals surface area contributed by atoms with E-state index in [1.807, 2.05) is 0 Å². The van der Waals surface area contributed by atoms with Gasteiger partial charge in [-0.05, 0) is 26.8 Å². The van der Waals surface area contributed by atoms with Gasteiger partial charge >= 0.3 is 0 Å². The average molecular weight is 228 g/mol. The molecular weight excluding hydrogens is 200 g/mol. The summed E-state index contributed by atoms with van der Waals surface area (Å²) in [6.45, 7) is 3.59. The number of rotatable bonds is 5. The van der Waals surface area contributed by atoms with Crippen LogP contribution < -0.4 is 5.73 Å². The van der Waals surface area contributed by atoms with Crippen LogP contribution >= 0.6 is 0 Å². The Morgan fingerprint density at radius 2 is 1.81 bits per heavy atom. The van der Waals surface area contributed by atoms with E-state index < -0.39 is 0 Å². The van der Waals surface area contributed by atoms with Gasteiger partial charge in [-0.2, -0.15) is 0 Å². The Hall–Kier alpha value is -0.120. The van der Waals surface area contributed by atoms with E-state index in [2.05, 4.69) is 18.9 Å². The van der Waals surface area contributed by atoms with Crippen molar-refractivity contribution in [1.29, 1.82) is 0 Å². The third kappa shape index (κ3) is 3.44. The molecule has 1 aliphatic carbocycles. The van der Waals surface area contributed by atoms with Crippen LogP contribution in [0.4, 0.5) is 0 Å². The second-order valence-electron chi connectivity index (χ2n) is 5.39. The van der Waals surface area contributed by atoms with Crippen LogP contribution in [-0.2, 0) is 4.74 Å². The summed E-state index contributed by atoms with van der Waals surface area (Å²) in [6.07, 6.45) is 8.15. The fourth-order valence-electron chi connectivity index (χ4n) is 2.70. The van der Waals surface area contributed by atoms with E-state index in [0.717, 1.165) is 6.61 Å². The lowest BCUT2D eigenvalue weighted by atomic mass is 9.96. The molecule has 16 heavy (non-hydrogen) atoms. The Balaban J connectivity index is 2.61. The molecule has 0 heterocycles. The second-order valence-corrected chi connectivity index (χ2v) is 5.39. The van der Waals surface area contributed by atoms with Gasteiger partial charge in [0.1, 0.15) is 0 Å². The van der Waals surface area contributed by atoms with E-state index in [0.29, 0.717) is 12.6 Å². The Morgan fingerprint density at radius 3 is 2.25 bits per heavy atom. The van der Waals surface area contributed by atoms with Crippen LogP contribution in [0.5, 0.6) is 0 Å². The monoisotopic (exact) mass is 228 g/mol. The minimum atomic E-state index is -0.0102. The predicted octanol–water partition coefficient (Wildman–Crippen LogP) is 2.00. The van der Waals surface area contributed by atoms with E-state index in [1.165, 1.54) is 38.5 Å². The maximum Gasteiger partial charge on any atom is 0.0656 e. The number of nitrogens with zero attached hydrogens (tertiary/aromatic N) is 1. The van der Waals surface area contributed by atoms with Crippen molar-refractivity contribution in [2.45, 2.75) is 57.0 Å². The number of methoxy groups -OCH3 is 1. The van der Waals surface area contributed by atoms with Gasteiger partial charge < -0.3 is 10.5 Å². The highest BCUT2D eigenvalue weighted by Gasteiger charge is 2.32. The zero-order chi connectivity index (χ0) is 12.0. The lowest BCUT2D eigenvalue weighted by molar-refractivity contribution is 0.0135. The van der Waals surface area contributed by atoms with E-state index in [-0.39, 0.29) is 5.54 Å². The van der Waals surface area contributed by atoms with E-state index in [1.54, 1.807) is 7.11 Å². The molecule has 0 aromatic rings. The highest BCUT2D eigenvalue weighted by molar-refractivity contribution is 4.89. The van der Waals surface area contributed by atoms with Gasteiger partial charge in [0, 0.05) is 19.7 Å². The number of nitrogens with two attached hydrogens (primary N) is 1. The summed E-state index contributed by atoms with van der Waals surface area (Å²) in [4.78, 5) is 2.46. The molecule has 2 N–H and O–H groups in total. The van der Waals surface area contributed by atoms with Gasteiger partial charge in [0.2, 0.25) is 0 Å². The number of ether oxygens (including phenoxy) is 1. The van der Waals surface area contributed by atoms with Crippen LogP contribution in [0.3, 0.4) is 0 Å². The minimum absolute atomic E-state index is 0.0102. The Kier molecular flexibility index (Phi) is 5.73. The highest BCUT2D eigenvalue weighted by Crippen LogP contribution is 2.26. The van der Waals surface area contributed by atoms with Crippen molar-refractivity contribution in [2.24, 2.45) is 5.73 Å². The maximum absolute atomic E-state index is 5.92. The molecule has 1 fully saturated rings. The van der Waals surface area contributed by atoms with Crippen LogP contribution in [0.15, 0.2) is 0 Å². The van der Waals surface area contributed by atoms with Crippen molar-refractivity contribution in [1.82, 2.24) is 4.90 Å². The molecule has 0 radical (unpaired) electrons. The van der Waals surface area contributed by atoms with Gasteiger partial charge in [0.15, 0.2) is 0 Å². The average Bonchev–Trinajstić information content (AvgIpc) is 2.56. The topological polar surface area (TPSA) is 38.5 Å². The molecule has 1 atom stereocenters. The molecule has 3 heteroatoms. The number of hydrogen-bond acceptors (Lipinski definition) is 3. The van der Waals surface area contributed by atoms with E-state index in [4.69, 9.17) is 10.5 Å². The molecule has 0 aromatic heterocycles. The summed E-state index contributed by atoms with van der Waals surface area (Å²) in [5.41, 5.74) is 5.91. The molecule has 1 unspecified atom stereocenters. The van der Waals surface area contributed by atoms with Gasteiger partial charge in [0.25, 0.3) is 0 Å². The highest BCUT2D eigenvalue weighted by atomic mass is 16.5. The van der Waals surface area contributed by atoms with Gasteiger partial charge in [-0.25, -0.2) is 0 Å². The first kappa shape index (κ1) is 13.9. The number of likely N-dealkylation sites (N-methyl/N-ethyl adjacent to an activating group) is 1. The largest absolute Gasteiger partial charge is 0.383 e. The Morgan fingerprint density at radius 1 is 1.25 bits per heavy atom. The van der Waals surface area contributed by atoms with Crippen LogP contribution in [0.2, 0.25) is 0 Å². The first-order chi connectivity index (χ1) is 7.64. The quantitative estimate of drug-likeness (QED) is 0.732. The second kappa shape index (κ2) is 6.58. The summed E-state index contributed by atoms with van der Waals surface area (Å²) < 4.78 is 5.32. The van der Waals surface area contributed by atoms with Crippen molar-refractivity contribution in [3.8, 4) is 0 Å². The molecule has 0 saturated heterocycles. The summed E-state index contributed by atoms with van der Waals surface area (Å²) in [5, 5.41) is 0. The molecule has 1 saturated carbocycles. The minimum Gasteiger partial charge on any atom is -0.383 e. The molecule has 96 valence electrons. The number of hydrogen-bond donors (Lipinski definition) is 1. The summed E-state index contributed by atoms with van der Waals surface area (Å²) in [5.74, 6) is 0. The normalized spacial score (nSPS) is 23.1. The fourth-order valence-corrected chi connectivity index (χ4v) is 2.70. The third-order valence-corrected chi connectivity index (χ3v) is 4.12. The zero-order valence-electron chi connectivity index (χ0n) is 11.2. The van der Waals surface area contributed by atoms with Crippen molar-refractivity contribution in [2.75, 3.05) is 27.3 Å². The molecule has 0 aromatic carbocycles. The van der Waals surface area contributed by atoms with Crippen molar-refractivity contribution >= 4 is 0 Å². The van der Waals surface area contributed by atoms with Crippen LogP contribution in [0, 0.1) is 0 Å². The van der Waals surface area contributed by atoms with E-state index in [9.17, 15) is 0 Å². The van der Waals surface area contributed by atoms with E-state index >= 15 is 0 Å². The predicted molar refractivity (Wildman–Crippen MR) is 68.6 cm³/mol. The molecule has 0 spiro atoms. The first-order valence-corrected chi connectivity index (χ1v) is 6.56. The maximum atomic E-state index is 5.92. The molecular formula is C13H28N2O. The van der Waals surface area contributed by atoms with Gasteiger partial charge in [-0.1, -0.05) is 25.7 Å². The fraction of sp³-hybridized carbons (Fsp3) is 1.00. The smallest absolute Gasteiger partial charge is 0.0656 e. The van der Waals surface area contributed by atoms with Crippen molar-refractivity contribution in [3.05, 3.63) is 0 Å². The lowest BCUT2D eigenvalue weighted by Crippen LogP contribution is -2.56. The summed E-state index contributed by atoms with van der Waals surface area (Å²) >= 11 is 0. The summed E-state index contributed by atoms with van der Waals surface area (Å²) in [7, 11) is 3.97. The van der Waals surface area contributed by atoms with Crippen molar-refractivity contribution in [3.63, 3.8) is 0 Å². The lowest BCUT2D eigenvalue weighted by Gasteiger charge is -2.42. The molecule has 0 amide bonds. The van der Waals surface area contributed by atoms with Gasteiger partial charge in [-0.3, -0.25) is 4.90 Å². The van der Waals surface area contributed by atoms with Gasteiger partial charge in [-0.15, -0.1) is 0 Å². The molecule has 1 rings (SSSR count). The molecule has 1 aliphatic rings. The summed E-state index contributed by atoms with van der Waals surface area (Å²) in [6, 6.07) is 0.686. The third-order valence-electron chi connectivity index (χ3n) is 4.12. The van der Waals surface area contributed by atoms with Crippen LogP contribution in [0.1, 0.15) is 45.4 Å². The standard InChI is InChI=1S/C13H28N2O/c1-13(10-14,11-16-3)15(2)12-8-6-4-5-7-9-12/h12H,4-11,14H2,1-3H3. The van der Waals surface area contributed by atoms with Gasteiger partial charge in [0.05, 0.1) is 12.1 Å². The van der Waals surface area contributed by atoms with Crippen molar-refractivity contribution < 1.29 is 4.74 Å². The van der Waals surface area contributed by atoms with Crippen LogP contribution in [0.25, 0.3) is 0 Å². The molecule has 3 nitrogen and oxygen atoms in total. The van der Waals surface area contributed by atoms with Crippen LogP contribution in [-0.4, -0.2) is 43.8 Å². The Labute approximate surface area is 100 Å². The SMILES string of the molecule is COCC(C)(CN)N(C)C1CCCCCC1.